The molecule has 0 unspecified atom stereocenters. The molecule has 21 heavy (non-hydrogen) atoms. The van der Waals surface area contributed by atoms with E-state index in [0.29, 0.717) is 19.6 Å². The summed E-state index contributed by atoms with van der Waals surface area (Å²) in [6, 6.07) is 0. The Bertz CT molecular complexity index is 493. The minimum atomic E-state index is -4.13. The summed E-state index contributed by atoms with van der Waals surface area (Å²) in [5, 5.41) is 4.32. The van der Waals surface area contributed by atoms with Crippen LogP contribution >= 0.6 is 0 Å². The second-order valence-corrected chi connectivity index (χ2v) is 6.47. The Morgan fingerprint density at radius 2 is 1.95 bits per heavy atom. The van der Waals surface area contributed by atoms with Gasteiger partial charge >= 0.3 is 6.18 Å². The molecule has 0 aliphatic carbocycles. The van der Waals surface area contributed by atoms with Crippen molar-refractivity contribution in [2.45, 2.75) is 39.0 Å². The summed E-state index contributed by atoms with van der Waals surface area (Å²) in [5.74, 6) is 0. The standard InChI is InChI=1S/C14H23F3N4/c1-11-12(7-19(4)18-11)8-21-6-5-20(9-13(21,2)3)10-14(15,16)17/h7H,5-6,8-10H2,1-4H3. The van der Waals surface area contributed by atoms with Crippen molar-refractivity contribution in [2.24, 2.45) is 7.05 Å². The first-order chi connectivity index (χ1) is 9.57. The molecular formula is C14H23F3N4. The molecule has 1 saturated heterocycles. The number of piperazine rings is 1. The Hall–Kier alpha value is -1.08. The predicted octanol–water partition coefficient (Wildman–Crippen LogP) is 2.19. The van der Waals surface area contributed by atoms with Gasteiger partial charge in [-0.25, -0.2) is 0 Å². The van der Waals surface area contributed by atoms with E-state index in [0.717, 1.165) is 17.8 Å². The van der Waals surface area contributed by atoms with Gasteiger partial charge in [-0.2, -0.15) is 18.3 Å². The van der Waals surface area contributed by atoms with E-state index in [1.807, 2.05) is 34.0 Å². The van der Waals surface area contributed by atoms with E-state index < -0.39 is 12.7 Å². The topological polar surface area (TPSA) is 24.3 Å². The van der Waals surface area contributed by atoms with Crippen LogP contribution in [-0.4, -0.2) is 57.5 Å². The van der Waals surface area contributed by atoms with Gasteiger partial charge < -0.3 is 0 Å². The Morgan fingerprint density at radius 3 is 2.43 bits per heavy atom. The van der Waals surface area contributed by atoms with E-state index in [1.165, 1.54) is 4.90 Å². The normalized spacial score (nSPS) is 20.9. The zero-order chi connectivity index (χ0) is 15.8. The highest BCUT2D eigenvalue weighted by Crippen LogP contribution is 2.26. The van der Waals surface area contributed by atoms with Gasteiger partial charge in [0.1, 0.15) is 0 Å². The van der Waals surface area contributed by atoms with Crippen LogP contribution in [0.15, 0.2) is 6.20 Å². The fraction of sp³-hybridized carbons (Fsp3) is 0.786. The zero-order valence-corrected chi connectivity index (χ0v) is 13.0. The molecule has 0 atom stereocenters. The Morgan fingerprint density at radius 1 is 1.29 bits per heavy atom. The smallest absolute Gasteiger partial charge is 0.292 e. The van der Waals surface area contributed by atoms with Crippen molar-refractivity contribution < 1.29 is 13.2 Å². The quantitative estimate of drug-likeness (QED) is 0.855. The maximum absolute atomic E-state index is 12.5. The molecule has 1 aliphatic rings. The highest BCUT2D eigenvalue weighted by Gasteiger charge is 2.38. The highest BCUT2D eigenvalue weighted by atomic mass is 19.4. The molecule has 0 saturated carbocycles. The van der Waals surface area contributed by atoms with E-state index in [-0.39, 0.29) is 5.54 Å². The van der Waals surface area contributed by atoms with Gasteiger partial charge in [0.2, 0.25) is 0 Å². The number of hydrogen-bond acceptors (Lipinski definition) is 3. The summed E-state index contributed by atoms with van der Waals surface area (Å²) < 4.78 is 39.4. The van der Waals surface area contributed by atoms with Crippen molar-refractivity contribution >= 4 is 0 Å². The van der Waals surface area contributed by atoms with Crippen molar-refractivity contribution in [3.05, 3.63) is 17.5 Å². The molecule has 0 aromatic carbocycles. The fourth-order valence-corrected chi connectivity index (χ4v) is 2.98. The monoisotopic (exact) mass is 304 g/mol. The Labute approximate surface area is 123 Å². The summed E-state index contributed by atoms with van der Waals surface area (Å²) in [4.78, 5) is 3.73. The van der Waals surface area contributed by atoms with Crippen molar-refractivity contribution in [3.8, 4) is 0 Å². The maximum atomic E-state index is 12.5. The lowest BCUT2D eigenvalue weighted by Gasteiger charge is -2.47. The van der Waals surface area contributed by atoms with Crippen molar-refractivity contribution in [2.75, 3.05) is 26.2 Å². The van der Waals surface area contributed by atoms with E-state index in [2.05, 4.69) is 10.00 Å². The Kier molecular flexibility index (Phi) is 4.35. The predicted molar refractivity (Wildman–Crippen MR) is 74.9 cm³/mol. The molecule has 0 spiro atoms. The van der Waals surface area contributed by atoms with Crippen LogP contribution in [0.3, 0.4) is 0 Å². The van der Waals surface area contributed by atoms with Crippen LogP contribution in [0.5, 0.6) is 0 Å². The number of rotatable bonds is 3. The third-order valence-corrected chi connectivity index (χ3v) is 4.03. The molecule has 7 heteroatoms. The molecule has 4 nitrogen and oxygen atoms in total. The van der Waals surface area contributed by atoms with Crippen LogP contribution in [-0.2, 0) is 13.6 Å². The number of halogens is 3. The molecule has 1 fully saturated rings. The largest absolute Gasteiger partial charge is 0.401 e. The zero-order valence-electron chi connectivity index (χ0n) is 13.0. The number of alkyl halides is 3. The van der Waals surface area contributed by atoms with Crippen molar-refractivity contribution in [1.29, 1.82) is 0 Å². The second-order valence-electron chi connectivity index (χ2n) is 6.47. The van der Waals surface area contributed by atoms with Crippen LogP contribution in [0.25, 0.3) is 0 Å². The number of aryl methyl sites for hydroxylation is 2. The molecule has 2 heterocycles. The van der Waals surface area contributed by atoms with Gasteiger partial charge in [0.05, 0.1) is 12.2 Å². The molecule has 0 bridgehead atoms. The molecule has 1 aromatic rings. The summed E-state index contributed by atoms with van der Waals surface area (Å²) >= 11 is 0. The van der Waals surface area contributed by atoms with E-state index >= 15 is 0 Å². The Balaban J connectivity index is 2.02. The average Bonchev–Trinajstić information content (AvgIpc) is 2.58. The minimum Gasteiger partial charge on any atom is -0.292 e. The van der Waals surface area contributed by atoms with E-state index in [9.17, 15) is 13.2 Å². The van der Waals surface area contributed by atoms with Gasteiger partial charge in [0.25, 0.3) is 0 Å². The maximum Gasteiger partial charge on any atom is 0.401 e. The number of aromatic nitrogens is 2. The van der Waals surface area contributed by atoms with E-state index in [1.54, 1.807) is 4.68 Å². The van der Waals surface area contributed by atoms with Crippen LogP contribution in [0.2, 0.25) is 0 Å². The molecule has 120 valence electrons. The molecule has 1 aliphatic heterocycles. The molecule has 2 rings (SSSR count). The molecular weight excluding hydrogens is 281 g/mol. The first-order valence-electron chi connectivity index (χ1n) is 7.10. The molecule has 0 amide bonds. The van der Waals surface area contributed by atoms with Crippen molar-refractivity contribution in [3.63, 3.8) is 0 Å². The molecule has 0 N–H and O–H groups in total. The van der Waals surface area contributed by atoms with Gasteiger partial charge in [-0.15, -0.1) is 0 Å². The lowest BCUT2D eigenvalue weighted by atomic mass is 9.98. The summed E-state index contributed by atoms with van der Waals surface area (Å²) in [6.07, 6.45) is -2.15. The van der Waals surface area contributed by atoms with Gasteiger partial charge in [-0.3, -0.25) is 14.5 Å². The van der Waals surface area contributed by atoms with Crippen LogP contribution in [0.4, 0.5) is 13.2 Å². The van der Waals surface area contributed by atoms with Crippen LogP contribution in [0.1, 0.15) is 25.1 Å². The first-order valence-corrected chi connectivity index (χ1v) is 7.10. The molecule has 1 aromatic heterocycles. The third-order valence-electron chi connectivity index (χ3n) is 4.03. The highest BCUT2D eigenvalue weighted by molar-refractivity contribution is 5.16. The number of hydrogen-bond donors (Lipinski definition) is 0. The SMILES string of the molecule is Cc1nn(C)cc1CN1CCN(CC(F)(F)F)CC1(C)C. The minimum absolute atomic E-state index is 0.286. The van der Waals surface area contributed by atoms with Crippen LogP contribution < -0.4 is 0 Å². The van der Waals surface area contributed by atoms with Gasteiger partial charge in [-0.05, 0) is 20.8 Å². The summed E-state index contributed by atoms with van der Waals surface area (Å²) in [5.41, 5.74) is 1.83. The average molecular weight is 304 g/mol. The lowest BCUT2D eigenvalue weighted by molar-refractivity contribution is -0.155. The lowest BCUT2D eigenvalue weighted by Crippen LogP contribution is -2.59. The van der Waals surface area contributed by atoms with Gasteiger partial charge in [0.15, 0.2) is 0 Å². The fourth-order valence-electron chi connectivity index (χ4n) is 2.98. The number of nitrogens with zero attached hydrogens (tertiary/aromatic N) is 4. The van der Waals surface area contributed by atoms with E-state index in [4.69, 9.17) is 0 Å². The first kappa shape index (κ1) is 16.3. The van der Waals surface area contributed by atoms with Crippen molar-refractivity contribution in [1.82, 2.24) is 19.6 Å². The second kappa shape index (κ2) is 5.61. The third kappa shape index (κ3) is 4.20. The van der Waals surface area contributed by atoms with Crippen LogP contribution in [0, 0.1) is 6.92 Å². The summed E-state index contributed by atoms with van der Waals surface area (Å²) in [6.45, 7) is 7.37. The van der Waals surface area contributed by atoms with Gasteiger partial charge in [0, 0.05) is 50.5 Å². The van der Waals surface area contributed by atoms with Gasteiger partial charge in [-0.1, -0.05) is 0 Å². The molecule has 0 radical (unpaired) electrons. The summed E-state index contributed by atoms with van der Waals surface area (Å²) in [7, 11) is 1.88.